The van der Waals surface area contributed by atoms with Crippen LogP contribution in [0.25, 0.3) is 12.2 Å². The first-order valence-corrected chi connectivity index (χ1v) is 9.85. The summed E-state index contributed by atoms with van der Waals surface area (Å²) in [6, 6.07) is 6.10. The van der Waals surface area contributed by atoms with Crippen molar-refractivity contribution in [2.24, 2.45) is 5.92 Å². The fourth-order valence-electron chi connectivity index (χ4n) is 3.86. The third kappa shape index (κ3) is 4.55. The van der Waals surface area contributed by atoms with E-state index in [-0.39, 0.29) is 35.3 Å². The van der Waals surface area contributed by atoms with E-state index in [2.05, 4.69) is 6.58 Å². The van der Waals surface area contributed by atoms with Crippen LogP contribution in [-0.2, 0) is 0 Å². The molecule has 0 heterocycles. The SMILES string of the molecule is C=Cc1ccc(/C=C/C2CCC(c3ccc(OCC)c(F)c3F)CC2)c(F)c1F. The van der Waals surface area contributed by atoms with Crippen molar-refractivity contribution in [1.29, 1.82) is 0 Å². The summed E-state index contributed by atoms with van der Waals surface area (Å²) in [6.07, 6.45) is 7.67. The molecule has 0 radical (unpaired) electrons. The summed E-state index contributed by atoms with van der Waals surface area (Å²) in [5.41, 5.74) is 0.695. The van der Waals surface area contributed by atoms with Crippen LogP contribution >= 0.6 is 0 Å². The molecule has 1 aliphatic carbocycles. The van der Waals surface area contributed by atoms with Crippen LogP contribution < -0.4 is 4.74 Å². The van der Waals surface area contributed by atoms with E-state index < -0.39 is 23.3 Å². The van der Waals surface area contributed by atoms with Crippen LogP contribution in [0.2, 0.25) is 0 Å². The number of benzene rings is 2. The van der Waals surface area contributed by atoms with Crippen molar-refractivity contribution in [1.82, 2.24) is 0 Å². The van der Waals surface area contributed by atoms with Gasteiger partial charge in [-0.25, -0.2) is 13.2 Å². The van der Waals surface area contributed by atoms with Crippen LogP contribution in [0.15, 0.2) is 36.9 Å². The molecule has 5 heteroatoms. The van der Waals surface area contributed by atoms with Gasteiger partial charge in [0.1, 0.15) is 0 Å². The van der Waals surface area contributed by atoms with Gasteiger partial charge in [0.2, 0.25) is 5.82 Å². The number of allylic oxidation sites excluding steroid dienone is 1. The molecule has 0 amide bonds. The lowest BCUT2D eigenvalue weighted by Crippen LogP contribution is -2.14. The first-order valence-electron chi connectivity index (χ1n) is 9.85. The molecule has 29 heavy (non-hydrogen) atoms. The Kier molecular flexibility index (Phi) is 6.78. The summed E-state index contributed by atoms with van der Waals surface area (Å²) in [4.78, 5) is 0. The van der Waals surface area contributed by atoms with Gasteiger partial charge in [0, 0.05) is 11.1 Å². The Morgan fingerprint density at radius 2 is 1.55 bits per heavy atom. The third-order valence-electron chi connectivity index (χ3n) is 5.50. The van der Waals surface area contributed by atoms with Crippen molar-refractivity contribution in [3.05, 3.63) is 76.9 Å². The minimum absolute atomic E-state index is 0.0640. The fraction of sp³-hybridized carbons (Fsp3) is 0.333. The van der Waals surface area contributed by atoms with Gasteiger partial charge in [-0.3, -0.25) is 0 Å². The highest BCUT2D eigenvalue weighted by atomic mass is 19.2. The van der Waals surface area contributed by atoms with Crippen molar-refractivity contribution in [3.63, 3.8) is 0 Å². The average molecular weight is 404 g/mol. The lowest BCUT2D eigenvalue weighted by molar-refractivity contribution is 0.310. The van der Waals surface area contributed by atoms with Crippen LogP contribution in [0.3, 0.4) is 0 Å². The van der Waals surface area contributed by atoms with Gasteiger partial charge >= 0.3 is 0 Å². The Hall–Kier alpha value is -2.56. The van der Waals surface area contributed by atoms with Gasteiger partial charge in [-0.1, -0.05) is 43.0 Å². The van der Waals surface area contributed by atoms with E-state index in [1.165, 1.54) is 24.3 Å². The van der Waals surface area contributed by atoms with Crippen LogP contribution in [0, 0.1) is 29.2 Å². The maximum Gasteiger partial charge on any atom is 0.200 e. The highest BCUT2D eigenvalue weighted by molar-refractivity contribution is 5.56. The van der Waals surface area contributed by atoms with Crippen molar-refractivity contribution in [3.8, 4) is 5.75 Å². The quantitative estimate of drug-likeness (QED) is 0.460. The lowest BCUT2D eigenvalue weighted by Gasteiger charge is -2.27. The molecule has 2 aromatic rings. The van der Waals surface area contributed by atoms with E-state index in [1.54, 1.807) is 19.1 Å². The average Bonchev–Trinajstić information content (AvgIpc) is 2.73. The van der Waals surface area contributed by atoms with E-state index in [1.807, 2.05) is 6.08 Å². The summed E-state index contributed by atoms with van der Waals surface area (Å²) in [7, 11) is 0. The maximum absolute atomic E-state index is 14.4. The minimum Gasteiger partial charge on any atom is -0.491 e. The standard InChI is InChI=1S/C24H24F4O/c1-3-16-11-12-18(22(26)21(16)25)10-7-15-5-8-17(9-6-15)19-13-14-20(29-4-2)24(28)23(19)27/h3,7,10-15,17H,1,4-6,8-9H2,2H3/b10-7+. The molecule has 0 saturated heterocycles. The number of halogens is 4. The van der Waals surface area contributed by atoms with Crippen LogP contribution in [0.5, 0.6) is 5.75 Å². The minimum atomic E-state index is -0.938. The predicted molar refractivity (Wildman–Crippen MR) is 108 cm³/mol. The van der Waals surface area contributed by atoms with Crippen LogP contribution in [-0.4, -0.2) is 6.61 Å². The summed E-state index contributed by atoms with van der Waals surface area (Å²) in [5, 5.41) is 0. The summed E-state index contributed by atoms with van der Waals surface area (Å²) >= 11 is 0. The summed E-state index contributed by atoms with van der Waals surface area (Å²) in [6.45, 7) is 5.45. The van der Waals surface area contributed by atoms with E-state index in [9.17, 15) is 17.6 Å². The molecule has 2 aromatic carbocycles. The van der Waals surface area contributed by atoms with Gasteiger partial charge in [0.15, 0.2) is 23.2 Å². The van der Waals surface area contributed by atoms with Crippen molar-refractivity contribution >= 4 is 12.2 Å². The molecule has 0 aliphatic heterocycles. The van der Waals surface area contributed by atoms with Gasteiger partial charge in [-0.2, -0.15) is 4.39 Å². The van der Waals surface area contributed by atoms with Crippen molar-refractivity contribution < 1.29 is 22.3 Å². The number of hydrogen-bond acceptors (Lipinski definition) is 1. The molecule has 0 unspecified atom stereocenters. The second-order valence-electron chi connectivity index (χ2n) is 7.26. The summed E-state index contributed by atoms with van der Waals surface area (Å²) < 4.78 is 61.6. The molecule has 3 rings (SSSR count). The lowest BCUT2D eigenvalue weighted by atomic mass is 9.78. The largest absolute Gasteiger partial charge is 0.491 e. The Balaban J connectivity index is 1.66. The van der Waals surface area contributed by atoms with Gasteiger partial charge < -0.3 is 4.74 Å². The zero-order chi connectivity index (χ0) is 21.0. The third-order valence-corrected chi connectivity index (χ3v) is 5.50. The van der Waals surface area contributed by atoms with E-state index in [0.29, 0.717) is 18.4 Å². The molecule has 0 bridgehead atoms. The monoisotopic (exact) mass is 404 g/mol. The number of rotatable bonds is 6. The van der Waals surface area contributed by atoms with Crippen LogP contribution in [0.4, 0.5) is 17.6 Å². The zero-order valence-electron chi connectivity index (χ0n) is 16.4. The smallest absolute Gasteiger partial charge is 0.200 e. The van der Waals surface area contributed by atoms with Gasteiger partial charge in [-0.05, 0) is 56.1 Å². The first kappa shape index (κ1) is 21.2. The fourth-order valence-corrected chi connectivity index (χ4v) is 3.86. The number of ether oxygens (including phenoxy) is 1. The topological polar surface area (TPSA) is 9.23 Å². The second kappa shape index (κ2) is 9.29. The molecule has 1 saturated carbocycles. The normalized spacial score (nSPS) is 19.5. The molecule has 0 aromatic heterocycles. The molecular formula is C24H24F4O. The van der Waals surface area contributed by atoms with Gasteiger partial charge in [0.05, 0.1) is 6.61 Å². The molecule has 1 aliphatic rings. The van der Waals surface area contributed by atoms with E-state index >= 15 is 0 Å². The highest BCUT2D eigenvalue weighted by Gasteiger charge is 2.26. The van der Waals surface area contributed by atoms with E-state index in [4.69, 9.17) is 4.74 Å². The highest BCUT2D eigenvalue weighted by Crippen LogP contribution is 2.39. The van der Waals surface area contributed by atoms with Crippen molar-refractivity contribution in [2.45, 2.75) is 38.5 Å². The Morgan fingerprint density at radius 1 is 0.897 bits per heavy atom. The summed E-state index contributed by atoms with van der Waals surface area (Å²) in [5.74, 6) is -3.52. The van der Waals surface area contributed by atoms with Gasteiger partial charge in [0.25, 0.3) is 0 Å². The van der Waals surface area contributed by atoms with Crippen LogP contribution in [0.1, 0.15) is 55.2 Å². The Bertz CT molecular complexity index is 912. The Morgan fingerprint density at radius 3 is 2.21 bits per heavy atom. The maximum atomic E-state index is 14.4. The van der Waals surface area contributed by atoms with E-state index in [0.717, 1.165) is 12.8 Å². The molecular weight excluding hydrogens is 380 g/mol. The second-order valence-corrected chi connectivity index (χ2v) is 7.26. The molecule has 1 fully saturated rings. The first-order chi connectivity index (χ1) is 14.0. The molecule has 0 atom stereocenters. The molecule has 1 nitrogen and oxygen atoms in total. The van der Waals surface area contributed by atoms with Crippen molar-refractivity contribution in [2.75, 3.05) is 6.61 Å². The number of hydrogen-bond donors (Lipinski definition) is 0. The predicted octanol–water partition coefficient (Wildman–Crippen LogP) is 7.27. The Labute approximate surface area is 168 Å². The molecule has 0 spiro atoms. The van der Waals surface area contributed by atoms with Gasteiger partial charge in [-0.15, -0.1) is 0 Å². The molecule has 0 N–H and O–H groups in total. The molecule has 154 valence electrons. The zero-order valence-corrected chi connectivity index (χ0v) is 16.4.